The molecule has 2 aromatic rings. The van der Waals surface area contributed by atoms with Crippen molar-refractivity contribution in [2.24, 2.45) is 10.9 Å². The third kappa shape index (κ3) is 6.31. The van der Waals surface area contributed by atoms with Crippen molar-refractivity contribution >= 4 is 15.8 Å². The molecule has 168 valence electrons. The van der Waals surface area contributed by atoms with E-state index in [1.54, 1.807) is 13.1 Å². The van der Waals surface area contributed by atoms with Crippen LogP contribution < -0.4 is 10.6 Å². The molecule has 2 aromatic carbocycles. The van der Waals surface area contributed by atoms with Gasteiger partial charge < -0.3 is 15.4 Å². The van der Waals surface area contributed by atoms with Gasteiger partial charge in [-0.2, -0.15) is 0 Å². The average Bonchev–Trinajstić information content (AvgIpc) is 2.74. The monoisotopic (exact) mass is 443 g/mol. The lowest BCUT2D eigenvalue weighted by molar-refractivity contribution is -0.0265. The zero-order chi connectivity index (χ0) is 22.4. The van der Waals surface area contributed by atoms with E-state index in [1.165, 1.54) is 17.4 Å². The third-order valence-electron chi connectivity index (χ3n) is 5.70. The minimum absolute atomic E-state index is 0.0890. The summed E-state index contributed by atoms with van der Waals surface area (Å²) >= 11 is 0. The number of nitrogens with one attached hydrogen (secondary N) is 2. The van der Waals surface area contributed by atoms with Crippen molar-refractivity contribution in [2.45, 2.75) is 44.2 Å². The third-order valence-corrected chi connectivity index (χ3v) is 6.96. The highest BCUT2D eigenvalue weighted by atomic mass is 32.2. The molecule has 2 unspecified atom stereocenters. The van der Waals surface area contributed by atoms with Crippen LogP contribution in [0, 0.1) is 19.8 Å². The molecule has 6 nitrogen and oxygen atoms in total. The van der Waals surface area contributed by atoms with Crippen molar-refractivity contribution < 1.29 is 13.2 Å². The minimum atomic E-state index is -3.21. The molecule has 2 N–H and O–H groups in total. The lowest BCUT2D eigenvalue weighted by Crippen LogP contribution is -2.41. The Bertz CT molecular complexity index is 1020. The normalized spacial score (nSPS) is 19.8. The van der Waals surface area contributed by atoms with Crippen molar-refractivity contribution in [3.8, 4) is 0 Å². The summed E-state index contributed by atoms with van der Waals surface area (Å²) in [6.45, 7) is 6.04. The molecule has 0 saturated carbocycles. The fourth-order valence-corrected chi connectivity index (χ4v) is 5.01. The van der Waals surface area contributed by atoms with E-state index in [9.17, 15) is 8.42 Å². The van der Waals surface area contributed by atoms with Crippen LogP contribution in [0.15, 0.2) is 52.4 Å². The van der Waals surface area contributed by atoms with Crippen LogP contribution in [0.25, 0.3) is 0 Å². The van der Waals surface area contributed by atoms with E-state index < -0.39 is 9.84 Å². The van der Waals surface area contributed by atoms with Gasteiger partial charge in [0.05, 0.1) is 11.0 Å². The fraction of sp³-hybridized carbons (Fsp3) is 0.458. The Balaban J connectivity index is 1.58. The number of rotatable bonds is 6. The molecule has 0 aliphatic carbocycles. The van der Waals surface area contributed by atoms with Gasteiger partial charge in [-0.3, -0.25) is 4.99 Å². The van der Waals surface area contributed by atoms with Crippen molar-refractivity contribution in [2.75, 3.05) is 26.5 Å². The summed E-state index contributed by atoms with van der Waals surface area (Å²) in [5.74, 6) is 1.09. The molecule has 7 heteroatoms. The summed E-state index contributed by atoms with van der Waals surface area (Å²) in [6.07, 6.45) is 3.49. The van der Waals surface area contributed by atoms with E-state index in [2.05, 4.69) is 46.8 Å². The first-order chi connectivity index (χ1) is 14.8. The van der Waals surface area contributed by atoms with Gasteiger partial charge >= 0.3 is 0 Å². The smallest absolute Gasteiger partial charge is 0.191 e. The molecule has 1 aliphatic rings. The number of aliphatic imine (C=N–C) groups is 1. The van der Waals surface area contributed by atoms with Crippen molar-refractivity contribution in [1.29, 1.82) is 0 Å². The van der Waals surface area contributed by atoms with E-state index >= 15 is 0 Å². The maximum absolute atomic E-state index is 11.8. The number of nitrogens with zero attached hydrogens (tertiary/aromatic N) is 1. The second-order valence-electron chi connectivity index (χ2n) is 8.28. The largest absolute Gasteiger partial charge is 0.373 e. The van der Waals surface area contributed by atoms with Crippen LogP contribution in [-0.2, 0) is 21.1 Å². The summed E-state index contributed by atoms with van der Waals surface area (Å²) in [6, 6.07) is 14.0. The number of ether oxygens (including phenoxy) is 1. The molecule has 0 spiro atoms. The molecule has 31 heavy (non-hydrogen) atoms. The van der Waals surface area contributed by atoms with Gasteiger partial charge in [0.1, 0.15) is 0 Å². The predicted octanol–water partition coefficient (Wildman–Crippen LogP) is 3.54. The molecule has 0 radical (unpaired) electrons. The number of hydrogen-bond donors (Lipinski definition) is 2. The molecule has 1 fully saturated rings. The number of guanidine groups is 1. The lowest BCUT2D eigenvalue weighted by atomic mass is 9.89. The SMILES string of the molecule is CN=C(NCc1ccc(S(C)(=O)=O)c(C)c1)NCC1CCCOC1c1ccc(C)cc1. The maximum atomic E-state index is 11.8. The Morgan fingerprint density at radius 2 is 1.87 bits per heavy atom. The van der Waals surface area contributed by atoms with Crippen molar-refractivity contribution in [1.82, 2.24) is 10.6 Å². The highest BCUT2D eigenvalue weighted by Gasteiger charge is 2.27. The molecule has 1 saturated heterocycles. The van der Waals surface area contributed by atoms with Gasteiger partial charge in [0.25, 0.3) is 0 Å². The van der Waals surface area contributed by atoms with Crippen LogP contribution in [0.5, 0.6) is 0 Å². The summed E-state index contributed by atoms with van der Waals surface area (Å²) in [4.78, 5) is 4.71. The molecule has 3 rings (SSSR count). The first-order valence-electron chi connectivity index (χ1n) is 10.7. The minimum Gasteiger partial charge on any atom is -0.373 e. The van der Waals surface area contributed by atoms with Crippen LogP contribution >= 0.6 is 0 Å². The Kier molecular flexibility index (Phi) is 7.73. The second-order valence-corrected chi connectivity index (χ2v) is 10.3. The second kappa shape index (κ2) is 10.3. The highest BCUT2D eigenvalue weighted by Crippen LogP contribution is 2.33. The van der Waals surface area contributed by atoms with Crippen LogP contribution in [0.1, 0.15) is 41.2 Å². The molecular weight excluding hydrogens is 410 g/mol. The first-order valence-corrected chi connectivity index (χ1v) is 12.6. The van der Waals surface area contributed by atoms with Gasteiger partial charge in [-0.25, -0.2) is 8.42 Å². The Morgan fingerprint density at radius 3 is 2.52 bits per heavy atom. The van der Waals surface area contributed by atoms with Crippen LogP contribution in [-0.4, -0.2) is 40.8 Å². The van der Waals surface area contributed by atoms with Crippen LogP contribution in [0.3, 0.4) is 0 Å². The molecule has 1 aliphatic heterocycles. The quantitative estimate of drug-likeness (QED) is 0.527. The van der Waals surface area contributed by atoms with Gasteiger partial charge in [0, 0.05) is 38.9 Å². The maximum Gasteiger partial charge on any atom is 0.191 e. The number of sulfone groups is 1. The summed E-state index contributed by atoms with van der Waals surface area (Å²) in [5, 5.41) is 6.76. The van der Waals surface area contributed by atoms with Gasteiger partial charge in [-0.05, 0) is 49.4 Å². The van der Waals surface area contributed by atoms with Gasteiger partial charge in [0.15, 0.2) is 15.8 Å². The average molecular weight is 444 g/mol. The number of benzene rings is 2. The molecule has 0 aromatic heterocycles. The fourth-order valence-electron chi connectivity index (χ4n) is 4.05. The van der Waals surface area contributed by atoms with Crippen molar-refractivity contribution in [3.63, 3.8) is 0 Å². The first kappa shape index (κ1) is 23.3. The topological polar surface area (TPSA) is 79.8 Å². The van der Waals surface area contributed by atoms with Crippen molar-refractivity contribution in [3.05, 3.63) is 64.7 Å². The number of aryl methyl sites for hydroxylation is 2. The Labute approximate surface area is 186 Å². The summed E-state index contributed by atoms with van der Waals surface area (Å²) in [5.41, 5.74) is 4.23. The lowest BCUT2D eigenvalue weighted by Gasteiger charge is -2.32. The van der Waals surface area contributed by atoms with E-state index in [-0.39, 0.29) is 6.10 Å². The van der Waals surface area contributed by atoms with E-state index in [1.807, 2.05) is 19.1 Å². The zero-order valence-corrected chi connectivity index (χ0v) is 19.6. The summed E-state index contributed by atoms with van der Waals surface area (Å²) < 4.78 is 29.7. The van der Waals surface area contributed by atoms with Gasteiger partial charge in [0.2, 0.25) is 0 Å². The van der Waals surface area contributed by atoms with E-state index in [0.717, 1.165) is 43.1 Å². The summed E-state index contributed by atoms with van der Waals surface area (Å²) in [7, 11) is -1.45. The molecular formula is C24H33N3O3S. The molecule has 2 atom stereocenters. The van der Waals surface area contributed by atoms with Crippen LogP contribution in [0.2, 0.25) is 0 Å². The molecule has 0 bridgehead atoms. The zero-order valence-electron chi connectivity index (χ0n) is 18.8. The van der Waals surface area contributed by atoms with E-state index in [4.69, 9.17) is 4.74 Å². The molecule has 0 amide bonds. The number of hydrogen-bond acceptors (Lipinski definition) is 4. The van der Waals surface area contributed by atoms with E-state index in [0.29, 0.717) is 17.4 Å². The Hall–Kier alpha value is -2.38. The van der Waals surface area contributed by atoms with Gasteiger partial charge in [-0.1, -0.05) is 42.0 Å². The molecule has 1 heterocycles. The predicted molar refractivity (Wildman–Crippen MR) is 125 cm³/mol. The standard InChI is InChI=1S/C24H33N3O3S/c1-17-7-10-20(11-8-17)23-21(6-5-13-30-23)16-27-24(25-3)26-15-19-9-12-22(18(2)14-19)31(4,28)29/h7-12,14,21,23H,5-6,13,15-16H2,1-4H3,(H2,25,26,27). The van der Waals surface area contributed by atoms with Crippen LogP contribution in [0.4, 0.5) is 0 Å². The highest BCUT2D eigenvalue weighted by molar-refractivity contribution is 7.90. The Morgan fingerprint density at radius 1 is 1.13 bits per heavy atom. The van der Waals surface area contributed by atoms with Gasteiger partial charge in [-0.15, -0.1) is 0 Å².